The zero-order chi connectivity index (χ0) is 25.8. The second-order valence-corrected chi connectivity index (χ2v) is 8.76. The number of ether oxygens (including phenoxy) is 2. The van der Waals surface area contributed by atoms with Crippen molar-refractivity contribution in [1.82, 2.24) is 5.32 Å². The molecule has 9 heteroatoms. The minimum absolute atomic E-state index is 0.160. The van der Waals surface area contributed by atoms with E-state index in [2.05, 4.69) is 5.32 Å². The summed E-state index contributed by atoms with van der Waals surface area (Å²) in [6, 6.07) is 16.5. The monoisotopic (exact) mass is 524 g/mol. The molecule has 4 amide bonds. The SMILES string of the molecule is CCOc1cc(/C=C2\C(=O)NC(=O)N(c3ccccc3Cl)C2=O)cc(Cl)c1OCc1cccc(C)c1. The van der Waals surface area contributed by atoms with Gasteiger partial charge in [0.2, 0.25) is 0 Å². The van der Waals surface area contributed by atoms with Gasteiger partial charge in [0.1, 0.15) is 12.2 Å². The van der Waals surface area contributed by atoms with Gasteiger partial charge in [-0.3, -0.25) is 14.9 Å². The van der Waals surface area contributed by atoms with E-state index in [0.29, 0.717) is 23.7 Å². The van der Waals surface area contributed by atoms with Crippen molar-refractivity contribution in [3.63, 3.8) is 0 Å². The highest BCUT2D eigenvalue weighted by Crippen LogP contribution is 2.38. The van der Waals surface area contributed by atoms with Crippen LogP contribution in [0.2, 0.25) is 10.0 Å². The number of aryl methyl sites for hydroxylation is 1. The molecule has 1 N–H and O–H groups in total. The van der Waals surface area contributed by atoms with Crippen molar-refractivity contribution in [1.29, 1.82) is 0 Å². The normalized spacial score (nSPS) is 14.7. The number of amides is 4. The number of urea groups is 1. The molecule has 1 saturated heterocycles. The number of carbonyl (C=O) groups is 3. The summed E-state index contributed by atoms with van der Waals surface area (Å²) in [5.41, 5.74) is 2.38. The minimum atomic E-state index is -0.886. The quantitative estimate of drug-likeness (QED) is 0.305. The van der Waals surface area contributed by atoms with Gasteiger partial charge in [0.05, 0.1) is 22.3 Å². The molecule has 4 rings (SSSR count). The molecule has 1 aliphatic heterocycles. The van der Waals surface area contributed by atoms with Gasteiger partial charge in [-0.15, -0.1) is 0 Å². The Balaban J connectivity index is 1.67. The number of para-hydroxylation sites is 1. The van der Waals surface area contributed by atoms with E-state index in [9.17, 15) is 14.4 Å². The third-order valence-electron chi connectivity index (χ3n) is 5.30. The predicted octanol–water partition coefficient (Wildman–Crippen LogP) is 5.95. The number of benzene rings is 3. The Morgan fingerprint density at radius 1 is 0.944 bits per heavy atom. The van der Waals surface area contributed by atoms with Crippen molar-refractivity contribution in [2.75, 3.05) is 11.5 Å². The average Bonchev–Trinajstić information content (AvgIpc) is 2.82. The molecule has 184 valence electrons. The molecule has 1 fully saturated rings. The van der Waals surface area contributed by atoms with Gasteiger partial charge in [-0.25, -0.2) is 9.69 Å². The van der Waals surface area contributed by atoms with Crippen molar-refractivity contribution in [2.24, 2.45) is 0 Å². The molecular formula is C27H22Cl2N2O5. The molecule has 1 heterocycles. The lowest BCUT2D eigenvalue weighted by Crippen LogP contribution is -2.54. The van der Waals surface area contributed by atoms with Gasteiger partial charge >= 0.3 is 6.03 Å². The predicted molar refractivity (Wildman–Crippen MR) is 139 cm³/mol. The number of hydrogen-bond acceptors (Lipinski definition) is 5. The van der Waals surface area contributed by atoms with Crippen LogP contribution in [0.5, 0.6) is 11.5 Å². The fourth-order valence-electron chi connectivity index (χ4n) is 3.71. The summed E-state index contributed by atoms with van der Waals surface area (Å²) in [5, 5.41) is 2.60. The Bertz CT molecular complexity index is 1390. The largest absolute Gasteiger partial charge is 0.490 e. The maximum atomic E-state index is 13.2. The highest BCUT2D eigenvalue weighted by Gasteiger charge is 2.37. The Morgan fingerprint density at radius 3 is 2.44 bits per heavy atom. The fourth-order valence-corrected chi connectivity index (χ4v) is 4.20. The molecule has 0 spiro atoms. The lowest BCUT2D eigenvalue weighted by atomic mass is 10.1. The molecule has 3 aromatic carbocycles. The van der Waals surface area contributed by atoms with E-state index in [1.165, 1.54) is 12.1 Å². The summed E-state index contributed by atoms with van der Waals surface area (Å²) in [6.45, 7) is 4.42. The Kier molecular flexibility index (Phi) is 7.62. The number of nitrogens with one attached hydrogen (secondary N) is 1. The number of hydrogen-bond donors (Lipinski definition) is 1. The number of rotatable bonds is 7. The van der Waals surface area contributed by atoms with E-state index in [4.69, 9.17) is 32.7 Å². The summed E-state index contributed by atoms with van der Waals surface area (Å²) >= 11 is 12.7. The number of halogens is 2. The van der Waals surface area contributed by atoms with Crippen LogP contribution in [0, 0.1) is 6.92 Å². The number of imide groups is 2. The third kappa shape index (κ3) is 5.37. The van der Waals surface area contributed by atoms with E-state index in [0.717, 1.165) is 16.0 Å². The van der Waals surface area contributed by atoms with Crippen molar-refractivity contribution in [3.8, 4) is 11.5 Å². The first-order chi connectivity index (χ1) is 17.3. The lowest BCUT2D eigenvalue weighted by molar-refractivity contribution is -0.122. The topological polar surface area (TPSA) is 84.9 Å². The van der Waals surface area contributed by atoms with Gasteiger partial charge in [0.25, 0.3) is 11.8 Å². The number of barbiturate groups is 1. The van der Waals surface area contributed by atoms with E-state index in [1.807, 2.05) is 38.1 Å². The van der Waals surface area contributed by atoms with Crippen LogP contribution in [-0.4, -0.2) is 24.5 Å². The molecule has 7 nitrogen and oxygen atoms in total. The molecule has 0 atom stereocenters. The zero-order valence-corrected chi connectivity index (χ0v) is 21.0. The first-order valence-corrected chi connectivity index (χ1v) is 11.8. The van der Waals surface area contributed by atoms with E-state index < -0.39 is 17.8 Å². The lowest BCUT2D eigenvalue weighted by Gasteiger charge is -2.27. The van der Waals surface area contributed by atoms with Crippen LogP contribution >= 0.6 is 23.2 Å². The maximum absolute atomic E-state index is 13.2. The molecule has 0 unspecified atom stereocenters. The highest BCUT2D eigenvalue weighted by molar-refractivity contribution is 6.42. The number of carbonyl (C=O) groups excluding carboxylic acids is 3. The molecule has 3 aromatic rings. The summed E-state index contributed by atoms with van der Waals surface area (Å²) in [5.74, 6) is -0.950. The molecule has 1 aliphatic rings. The van der Waals surface area contributed by atoms with Crippen molar-refractivity contribution in [2.45, 2.75) is 20.5 Å². The first kappa shape index (κ1) is 25.3. The summed E-state index contributed by atoms with van der Waals surface area (Å²) in [7, 11) is 0. The fraction of sp³-hybridized carbons (Fsp3) is 0.148. The van der Waals surface area contributed by atoms with Gasteiger partial charge in [0.15, 0.2) is 11.5 Å². The molecule has 0 saturated carbocycles. The second kappa shape index (κ2) is 10.8. The third-order valence-corrected chi connectivity index (χ3v) is 5.90. The Morgan fingerprint density at radius 2 is 1.72 bits per heavy atom. The van der Waals surface area contributed by atoms with Gasteiger partial charge < -0.3 is 9.47 Å². The van der Waals surface area contributed by atoms with Gasteiger partial charge in [-0.2, -0.15) is 0 Å². The van der Waals surface area contributed by atoms with Crippen LogP contribution in [0.1, 0.15) is 23.6 Å². The van der Waals surface area contributed by atoms with Gasteiger partial charge in [-0.05, 0) is 55.3 Å². The van der Waals surface area contributed by atoms with Crippen molar-refractivity contribution >= 4 is 52.8 Å². The number of nitrogens with zero attached hydrogens (tertiary/aromatic N) is 1. The minimum Gasteiger partial charge on any atom is -0.490 e. The van der Waals surface area contributed by atoms with Crippen molar-refractivity contribution < 1.29 is 23.9 Å². The molecule has 36 heavy (non-hydrogen) atoms. The van der Waals surface area contributed by atoms with Crippen LogP contribution in [0.15, 0.2) is 66.2 Å². The smallest absolute Gasteiger partial charge is 0.335 e. The van der Waals surface area contributed by atoms with E-state index in [-0.39, 0.29) is 27.9 Å². The summed E-state index contributed by atoms with van der Waals surface area (Å²) < 4.78 is 11.7. The molecule has 0 bridgehead atoms. The van der Waals surface area contributed by atoms with Crippen LogP contribution < -0.4 is 19.7 Å². The zero-order valence-electron chi connectivity index (χ0n) is 19.5. The van der Waals surface area contributed by atoms with Crippen LogP contribution in [0.4, 0.5) is 10.5 Å². The number of anilines is 1. The van der Waals surface area contributed by atoms with E-state index in [1.54, 1.807) is 30.3 Å². The van der Waals surface area contributed by atoms with Crippen LogP contribution in [0.25, 0.3) is 6.08 Å². The highest BCUT2D eigenvalue weighted by atomic mass is 35.5. The second-order valence-electron chi connectivity index (χ2n) is 7.95. The molecular weight excluding hydrogens is 503 g/mol. The molecule has 0 aromatic heterocycles. The van der Waals surface area contributed by atoms with E-state index >= 15 is 0 Å². The first-order valence-electron chi connectivity index (χ1n) is 11.1. The standard InChI is InChI=1S/C27H22Cl2N2O5/c1-3-35-23-14-18(13-21(29)24(23)36-15-17-8-6-7-16(2)11-17)12-19-25(32)30-27(34)31(26(19)33)22-10-5-4-9-20(22)28/h4-14H,3,15H2,1-2H3,(H,30,32,34)/b19-12+. The van der Waals surface area contributed by atoms with Crippen LogP contribution in [-0.2, 0) is 16.2 Å². The van der Waals surface area contributed by atoms with Gasteiger partial charge in [-0.1, -0.05) is 65.2 Å². The molecule has 0 radical (unpaired) electrons. The van der Waals surface area contributed by atoms with Crippen molar-refractivity contribution in [3.05, 3.63) is 93.0 Å². The van der Waals surface area contributed by atoms with Gasteiger partial charge in [0, 0.05) is 0 Å². The Labute approximate surface area is 218 Å². The van der Waals surface area contributed by atoms with Crippen LogP contribution in [0.3, 0.4) is 0 Å². The Hall–Kier alpha value is -3.81. The summed E-state index contributed by atoms with van der Waals surface area (Å²) in [4.78, 5) is 39.0. The average molecular weight is 525 g/mol. The maximum Gasteiger partial charge on any atom is 0.335 e. The summed E-state index contributed by atoms with van der Waals surface area (Å²) in [6.07, 6.45) is 1.34. The molecule has 0 aliphatic carbocycles.